The van der Waals surface area contributed by atoms with Crippen molar-refractivity contribution in [3.63, 3.8) is 0 Å². The van der Waals surface area contributed by atoms with E-state index in [2.05, 4.69) is 10.0 Å². The molecule has 3 aromatic rings. The molecule has 1 fully saturated rings. The van der Waals surface area contributed by atoms with Crippen LogP contribution in [0.4, 0.5) is 23.7 Å². The molecule has 40 heavy (non-hydrogen) atoms. The Hall–Kier alpha value is -3.57. The Bertz CT molecular complexity index is 1530. The third-order valence-electron chi connectivity index (χ3n) is 7.79. The van der Waals surface area contributed by atoms with Gasteiger partial charge in [-0.25, -0.2) is 17.9 Å². The lowest BCUT2D eigenvalue weighted by Crippen LogP contribution is -2.41. The number of urea groups is 1. The molecular weight excluding hydrogens is 543 g/mol. The maximum Gasteiger partial charge on any atom is 0.416 e. The van der Waals surface area contributed by atoms with Gasteiger partial charge < -0.3 is 10.1 Å². The van der Waals surface area contributed by atoms with Crippen LogP contribution in [-0.4, -0.2) is 28.0 Å². The van der Waals surface area contributed by atoms with E-state index in [4.69, 9.17) is 4.74 Å². The minimum Gasteiger partial charge on any atom is -0.457 e. The van der Waals surface area contributed by atoms with Gasteiger partial charge in [-0.15, -0.1) is 0 Å². The fourth-order valence-corrected chi connectivity index (χ4v) is 6.29. The smallest absolute Gasteiger partial charge is 0.416 e. The minimum atomic E-state index is -4.47. The van der Waals surface area contributed by atoms with E-state index in [0.717, 1.165) is 54.6 Å². The zero-order chi connectivity index (χ0) is 28.7. The van der Waals surface area contributed by atoms with Crippen molar-refractivity contribution >= 4 is 21.7 Å². The molecule has 3 aromatic carbocycles. The Morgan fingerprint density at radius 3 is 2.38 bits per heavy atom. The van der Waals surface area contributed by atoms with E-state index in [1.807, 2.05) is 6.07 Å². The van der Waals surface area contributed by atoms with Crippen LogP contribution in [0, 0.1) is 6.92 Å². The highest BCUT2D eigenvalue weighted by Gasteiger charge is 2.46. The largest absolute Gasteiger partial charge is 0.457 e. The molecule has 1 aliphatic carbocycles. The number of hydrogen-bond donors (Lipinski definition) is 2. The van der Waals surface area contributed by atoms with Crippen LogP contribution in [0.25, 0.3) is 0 Å². The standard InChI is InChI=1S/C29H30F3N3O4S/c1-19-5-8-21(29(30,31)32)15-26(19)39-22-9-12-25-24(16-22)28(13-3-4-14-28)18-35(25)27(36)34-17-20-6-10-23(11-7-20)40(37,38)33-2/h5-12,15-16,33H,3-4,13-14,17-18H2,1-2H3,(H,34,36). The molecule has 7 nitrogen and oxygen atoms in total. The van der Waals surface area contributed by atoms with Gasteiger partial charge in [0, 0.05) is 24.2 Å². The number of amides is 2. The van der Waals surface area contributed by atoms with Crippen molar-refractivity contribution < 1.29 is 31.1 Å². The molecule has 1 saturated carbocycles. The second-order valence-corrected chi connectivity index (χ2v) is 12.2. The van der Waals surface area contributed by atoms with Crippen LogP contribution < -0.4 is 19.7 Å². The Morgan fingerprint density at radius 1 is 1.02 bits per heavy atom. The van der Waals surface area contributed by atoms with Crippen LogP contribution in [0.15, 0.2) is 65.6 Å². The summed E-state index contributed by atoms with van der Waals surface area (Å²) in [5.41, 5.74) is 2.03. The number of nitrogens with zero attached hydrogens (tertiary/aromatic N) is 1. The third kappa shape index (κ3) is 5.40. The van der Waals surface area contributed by atoms with Gasteiger partial charge in [0.2, 0.25) is 10.0 Å². The van der Waals surface area contributed by atoms with Gasteiger partial charge >= 0.3 is 12.2 Å². The van der Waals surface area contributed by atoms with E-state index in [-0.39, 0.29) is 28.6 Å². The van der Waals surface area contributed by atoms with E-state index in [1.54, 1.807) is 36.1 Å². The van der Waals surface area contributed by atoms with Crippen molar-refractivity contribution in [1.82, 2.24) is 10.0 Å². The number of hydrogen-bond acceptors (Lipinski definition) is 4. The highest BCUT2D eigenvalue weighted by molar-refractivity contribution is 7.89. The maximum absolute atomic E-state index is 13.3. The number of halogens is 3. The van der Waals surface area contributed by atoms with Gasteiger partial charge in [0.05, 0.1) is 10.5 Å². The fraction of sp³-hybridized carbons (Fsp3) is 0.345. The molecule has 0 saturated heterocycles. The van der Waals surface area contributed by atoms with Crippen LogP contribution in [0.5, 0.6) is 11.5 Å². The first-order valence-corrected chi connectivity index (χ1v) is 14.5. The van der Waals surface area contributed by atoms with Gasteiger partial charge in [-0.2, -0.15) is 13.2 Å². The summed E-state index contributed by atoms with van der Waals surface area (Å²) in [6.07, 6.45) is -0.629. The highest BCUT2D eigenvalue weighted by atomic mass is 32.2. The number of alkyl halides is 3. The number of nitrogens with one attached hydrogen (secondary N) is 2. The minimum absolute atomic E-state index is 0.136. The zero-order valence-corrected chi connectivity index (χ0v) is 23.0. The quantitative estimate of drug-likeness (QED) is 0.365. The molecule has 2 amide bonds. The number of anilines is 1. The Balaban J connectivity index is 1.36. The highest BCUT2D eigenvalue weighted by Crippen LogP contribution is 2.51. The molecule has 1 spiro atoms. The van der Waals surface area contributed by atoms with Gasteiger partial charge in [-0.05, 0) is 86.0 Å². The summed E-state index contributed by atoms with van der Waals surface area (Å²) in [6.45, 7) is 2.41. The van der Waals surface area contributed by atoms with Crippen LogP contribution in [0.2, 0.25) is 0 Å². The van der Waals surface area contributed by atoms with E-state index in [9.17, 15) is 26.4 Å². The summed E-state index contributed by atoms with van der Waals surface area (Å²) < 4.78 is 71.9. The van der Waals surface area contributed by atoms with Crippen LogP contribution in [0.1, 0.15) is 47.9 Å². The Kier molecular flexibility index (Phi) is 7.30. The summed E-state index contributed by atoms with van der Waals surface area (Å²) >= 11 is 0. The van der Waals surface area contributed by atoms with E-state index >= 15 is 0 Å². The number of ether oxygens (including phenoxy) is 1. The molecular formula is C29H30F3N3O4S. The van der Waals surface area contributed by atoms with Crippen molar-refractivity contribution in [2.24, 2.45) is 0 Å². The normalized spacial score (nSPS) is 16.3. The molecule has 5 rings (SSSR count). The Labute approximate surface area is 231 Å². The van der Waals surface area contributed by atoms with Crippen LogP contribution >= 0.6 is 0 Å². The fourth-order valence-electron chi connectivity index (χ4n) is 5.56. The summed E-state index contributed by atoms with van der Waals surface area (Å²) in [5.74, 6) is 0.558. The predicted molar refractivity (Wildman–Crippen MR) is 145 cm³/mol. The second kappa shape index (κ2) is 10.4. The van der Waals surface area contributed by atoms with Gasteiger partial charge in [0.15, 0.2) is 0 Å². The van der Waals surface area contributed by atoms with Crippen molar-refractivity contribution in [1.29, 1.82) is 0 Å². The summed E-state index contributed by atoms with van der Waals surface area (Å²) in [6, 6.07) is 14.8. The van der Waals surface area contributed by atoms with Gasteiger partial charge in [-0.1, -0.05) is 31.0 Å². The first kappa shape index (κ1) is 28.0. The molecule has 0 aromatic heterocycles. The number of sulfonamides is 1. The lowest BCUT2D eigenvalue weighted by atomic mass is 9.81. The second-order valence-electron chi connectivity index (χ2n) is 10.3. The van der Waals surface area contributed by atoms with E-state index in [0.29, 0.717) is 17.9 Å². The number of aryl methyl sites for hydroxylation is 1. The molecule has 2 aliphatic rings. The molecule has 0 bridgehead atoms. The number of benzene rings is 3. The molecule has 0 unspecified atom stereocenters. The van der Waals surface area contributed by atoms with Gasteiger partial charge in [-0.3, -0.25) is 4.90 Å². The van der Waals surface area contributed by atoms with Gasteiger partial charge in [0.25, 0.3) is 0 Å². The zero-order valence-electron chi connectivity index (χ0n) is 22.1. The van der Waals surface area contributed by atoms with Crippen molar-refractivity contribution in [3.05, 3.63) is 82.9 Å². The summed E-state index contributed by atoms with van der Waals surface area (Å²) in [7, 11) is -2.20. The van der Waals surface area contributed by atoms with Crippen molar-refractivity contribution in [2.75, 3.05) is 18.5 Å². The average Bonchev–Trinajstić information content (AvgIpc) is 3.53. The van der Waals surface area contributed by atoms with E-state index < -0.39 is 21.8 Å². The molecule has 1 heterocycles. The number of carbonyl (C=O) groups excluding carboxylic acids is 1. The topological polar surface area (TPSA) is 87.7 Å². The lowest BCUT2D eigenvalue weighted by molar-refractivity contribution is -0.137. The maximum atomic E-state index is 13.3. The number of rotatable bonds is 6. The van der Waals surface area contributed by atoms with Crippen molar-refractivity contribution in [3.8, 4) is 11.5 Å². The first-order chi connectivity index (χ1) is 18.9. The summed E-state index contributed by atoms with van der Waals surface area (Å²) in [4.78, 5) is 15.2. The van der Waals surface area contributed by atoms with Crippen LogP contribution in [-0.2, 0) is 28.2 Å². The number of fused-ring (bicyclic) bond motifs is 2. The molecule has 0 atom stereocenters. The van der Waals surface area contributed by atoms with Crippen LogP contribution in [0.3, 0.4) is 0 Å². The number of carbonyl (C=O) groups is 1. The predicted octanol–water partition coefficient (Wildman–Crippen LogP) is 6.26. The molecule has 2 N–H and O–H groups in total. The van der Waals surface area contributed by atoms with Crippen molar-refractivity contribution in [2.45, 2.75) is 55.6 Å². The first-order valence-electron chi connectivity index (χ1n) is 13.0. The molecule has 0 radical (unpaired) electrons. The molecule has 1 aliphatic heterocycles. The average molecular weight is 574 g/mol. The summed E-state index contributed by atoms with van der Waals surface area (Å²) in [5, 5.41) is 2.93. The third-order valence-corrected chi connectivity index (χ3v) is 9.22. The Morgan fingerprint density at radius 2 is 1.73 bits per heavy atom. The molecule has 11 heteroatoms. The van der Waals surface area contributed by atoms with Gasteiger partial charge in [0.1, 0.15) is 11.5 Å². The monoisotopic (exact) mass is 573 g/mol. The van der Waals surface area contributed by atoms with E-state index in [1.165, 1.54) is 25.2 Å². The SMILES string of the molecule is CNS(=O)(=O)c1ccc(CNC(=O)N2CC3(CCCC3)c3cc(Oc4cc(C(F)(F)F)ccc4C)ccc32)cc1. The molecule has 212 valence electrons. The lowest BCUT2D eigenvalue weighted by Gasteiger charge is -2.25.